The largest absolute Gasteiger partial charge is 0.325 e. The fraction of sp³-hybridized carbons (Fsp3) is 0.278. The van der Waals surface area contributed by atoms with Gasteiger partial charge in [0, 0.05) is 11.9 Å². The van der Waals surface area contributed by atoms with Crippen LogP contribution in [0.4, 0.5) is 5.69 Å². The average Bonchev–Trinajstić information content (AvgIpc) is 3.31. The molecule has 0 unspecified atom stereocenters. The van der Waals surface area contributed by atoms with E-state index in [2.05, 4.69) is 5.32 Å². The summed E-state index contributed by atoms with van der Waals surface area (Å²) in [5.41, 5.74) is 1.93. The van der Waals surface area contributed by atoms with Crippen molar-refractivity contribution in [3.05, 3.63) is 59.7 Å². The maximum atomic E-state index is 12.7. The molecule has 0 spiro atoms. The molecule has 0 atom stereocenters. The van der Waals surface area contributed by atoms with Crippen molar-refractivity contribution >= 4 is 21.4 Å². The molecule has 3 rings (SSSR count). The smallest absolute Gasteiger partial charge is 0.235 e. The van der Waals surface area contributed by atoms with Crippen molar-refractivity contribution in [1.29, 1.82) is 0 Å². The first kappa shape index (κ1) is 15.7. The topological polar surface area (TPSA) is 63.2 Å². The molecule has 1 aliphatic rings. The summed E-state index contributed by atoms with van der Waals surface area (Å²) >= 11 is 0. The Bertz CT molecular complexity index is 853. The lowest BCUT2D eigenvalue weighted by molar-refractivity contribution is -0.118. The molecule has 0 aromatic heterocycles. The second kappa shape index (κ2) is 5.49. The lowest BCUT2D eigenvalue weighted by atomic mass is 9.95. The Morgan fingerprint density at radius 3 is 2.30 bits per heavy atom. The maximum absolute atomic E-state index is 12.7. The SMILES string of the molecule is Cc1ccc(S(C)(=O)=O)cc1NC(=O)C1(c2ccccc2)CC1. The first-order chi connectivity index (χ1) is 10.8. The molecule has 5 heteroatoms. The number of hydrogen-bond acceptors (Lipinski definition) is 3. The Kier molecular flexibility index (Phi) is 3.76. The molecule has 2 aromatic rings. The molecule has 23 heavy (non-hydrogen) atoms. The summed E-state index contributed by atoms with van der Waals surface area (Å²) in [5, 5.41) is 2.92. The summed E-state index contributed by atoms with van der Waals surface area (Å²) in [7, 11) is -3.30. The Balaban J connectivity index is 1.90. The predicted octanol–water partition coefficient (Wildman–Crippen LogP) is 3.07. The molecule has 0 aliphatic heterocycles. The van der Waals surface area contributed by atoms with Crippen LogP contribution in [0.15, 0.2) is 53.4 Å². The van der Waals surface area contributed by atoms with Crippen molar-refractivity contribution in [3.8, 4) is 0 Å². The second-order valence-corrected chi connectivity index (χ2v) is 8.17. The van der Waals surface area contributed by atoms with Crippen LogP contribution in [0.1, 0.15) is 24.0 Å². The minimum atomic E-state index is -3.30. The first-order valence-corrected chi connectivity index (χ1v) is 9.40. The van der Waals surface area contributed by atoms with E-state index in [1.54, 1.807) is 12.1 Å². The van der Waals surface area contributed by atoms with Crippen molar-refractivity contribution < 1.29 is 13.2 Å². The van der Waals surface area contributed by atoms with Crippen LogP contribution in [0.3, 0.4) is 0 Å². The number of nitrogens with one attached hydrogen (secondary N) is 1. The number of aryl methyl sites for hydroxylation is 1. The normalized spacial score (nSPS) is 15.9. The summed E-state index contributed by atoms with van der Waals surface area (Å²) in [6.45, 7) is 1.85. The van der Waals surface area contributed by atoms with Crippen LogP contribution in [0, 0.1) is 6.92 Å². The third-order valence-electron chi connectivity index (χ3n) is 4.40. The third kappa shape index (κ3) is 3.01. The van der Waals surface area contributed by atoms with Crippen molar-refractivity contribution in [2.45, 2.75) is 30.1 Å². The van der Waals surface area contributed by atoms with Gasteiger partial charge in [0.1, 0.15) is 0 Å². The van der Waals surface area contributed by atoms with E-state index in [0.29, 0.717) is 5.69 Å². The number of rotatable bonds is 4. The third-order valence-corrected chi connectivity index (χ3v) is 5.51. The van der Waals surface area contributed by atoms with E-state index in [0.717, 1.165) is 30.2 Å². The molecule has 0 heterocycles. The summed E-state index contributed by atoms with van der Waals surface area (Å²) in [6.07, 6.45) is 2.79. The average molecular weight is 329 g/mol. The minimum Gasteiger partial charge on any atom is -0.325 e. The van der Waals surface area contributed by atoms with Crippen molar-refractivity contribution in [2.24, 2.45) is 0 Å². The minimum absolute atomic E-state index is 0.0718. The van der Waals surface area contributed by atoms with Crippen LogP contribution in [-0.2, 0) is 20.0 Å². The number of sulfone groups is 1. The number of anilines is 1. The van der Waals surface area contributed by atoms with Gasteiger partial charge in [-0.2, -0.15) is 0 Å². The number of benzene rings is 2. The van der Waals surface area contributed by atoms with Gasteiger partial charge in [-0.1, -0.05) is 36.4 Å². The van der Waals surface area contributed by atoms with E-state index in [-0.39, 0.29) is 10.8 Å². The van der Waals surface area contributed by atoms with Gasteiger partial charge in [-0.25, -0.2) is 8.42 Å². The van der Waals surface area contributed by atoms with Gasteiger partial charge in [0.15, 0.2) is 9.84 Å². The van der Waals surface area contributed by atoms with E-state index in [4.69, 9.17) is 0 Å². The summed E-state index contributed by atoms with van der Waals surface area (Å²) < 4.78 is 23.4. The van der Waals surface area contributed by atoms with E-state index in [1.165, 1.54) is 6.07 Å². The fourth-order valence-corrected chi connectivity index (χ4v) is 3.38. The number of amides is 1. The van der Waals surface area contributed by atoms with E-state index < -0.39 is 15.3 Å². The van der Waals surface area contributed by atoms with E-state index in [9.17, 15) is 13.2 Å². The zero-order valence-corrected chi connectivity index (χ0v) is 14.0. The molecule has 120 valence electrons. The second-order valence-electron chi connectivity index (χ2n) is 6.15. The molecule has 1 aliphatic carbocycles. The molecular formula is C18H19NO3S. The van der Waals surface area contributed by atoms with Crippen LogP contribution < -0.4 is 5.32 Å². The molecule has 2 aromatic carbocycles. The molecule has 0 saturated heterocycles. The summed E-state index contributed by atoms with van der Waals surface area (Å²) in [6, 6.07) is 14.5. The van der Waals surface area contributed by atoms with Crippen LogP contribution in [-0.4, -0.2) is 20.6 Å². The monoisotopic (exact) mass is 329 g/mol. The first-order valence-electron chi connectivity index (χ1n) is 7.51. The zero-order valence-electron chi connectivity index (χ0n) is 13.2. The molecule has 1 fully saturated rings. The highest BCUT2D eigenvalue weighted by Gasteiger charge is 2.51. The fourth-order valence-electron chi connectivity index (χ4n) is 2.74. The van der Waals surface area contributed by atoms with Gasteiger partial charge < -0.3 is 5.32 Å². The Hall–Kier alpha value is -2.14. The Morgan fingerprint density at radius 2 is 1.74 bits per heavy atom. The molecule has 0 radical (unpaired) electrons. The molecule has 4 nitrogen and oxygen atoms in total. The van der Waals surface area contributed by atoms with Crippen LogP contribution in [0.5, 0.6) is 0 Å². The number of hydrogen-bond donors (Lipinski definition) is 1. The quantitative estimate of drug-likeness (QED) is 0.937. The van der Waals surface area contributed by atoms with E-state index >= 15 is 0 Å². The van der Waals surface area contributed by atoms with Crippen LogP contribution in [0.2, 0.25) is 0 Å². The van der Waals surface area contributed by atoms with Crippen molar-refractivity contribution in [3.63, 3.8) is 0 Å². The van der Waals surface area contributed by atoms with Gasteiger partial charge in [0.2, 0.25) is 5.91 Å². The van der Waals surface area contributed by atoms with Gasteiger partial charge in [-0.15, -0.1) is 0 Å². The van der Waals surface area contributed by atoms with Gasteiger partial charge >= 0.3 is 0 Å². The lowest BCUT2D eigenvalue weighted by Crippen LogP contribution is -2.28. The standard InChI is InChI=1S/C18H19NO3S/c1-13-8-9-15(23(2,21)22)12-16(13)19-17(20)18(10-11-18)14-6-4-3-5-7-14/h3-9,12H,10-11H2,1-2H3,(H,19,20). The number of carbonyl (C=O) groups excluding carboxylic acids is 1. The summed E-state index contributed by atoms with van der Waals surface area (Å²) in [5.74, 6) is -0.0718. The molecular weight excluding hydrogens is 310 g/mol. The molecule has 0 bridgehead atoms. The Labute approximate surface area is 136 Å². The molecule has 1 saturated carbocycles. The highest BCUT2D eigenvalue weighted by atomic mass is 32.2. The van der Waals surface area contributed by atoms with Crippen molar-refractivity contribution in [2.75, 3.05) is 11.6 Å². The predicted molar refractivity (Wildman–Crippen MR) is 90.3 cm³/mol. The van der Waals surface area contributed by atoms with Crippen LogP contribution >= 0.6 is 0 Å². The van der Waals surface area contributed by atoms with Gasteiger partial charge in [-0.05, 0) is 43.0 Å². The Morgan fingerprint density at radius 1 is 1.09 bits per heavy atom. The zero-order chi connectivity index (χ0) is 16.7. The van der Waals surface area contributed by atoms with Crippen LogP contribution in [0.25, 0.3) is 0 Å². The lowest BCUT2D eigenvalue weighted by Gasteiger charge is -2.17. The maximum Gasteiger partial charge on any atom is 0.235 e. The van der Waals surface area contributed by atoms with Gasteiger partial charge in [0.25, 0.3) is 0 Å². The summed E-state index contributed by atoms with van der Waals surface area (Å²) in [4.78, 5) is 13.0. The number of carbonyl (C=O) groups is 1. The van der Waals surface area contributed by atoms with E-state index in [1.807, 2.05) is 37.3 Å². The van der Waals surface area contributed by atoms with Gasteiger partial charge in [0.05, 0.1) is 10.3 Å². The highest BCUT2D eigenvalue weighted by molar-refractivity contribution is 7.90. The molecule has 1 amide bonds. The highest BCUT2D eigenvalue weighted by Crippen LogP contribution is 2.49. The van der Waals surface area contributed by atoms with Crippen molar-refractivity contribution in [1.82, 2.24) is 0 Å². The van der Waals surface area contributed by atoms with Gasteiger partial charge in [-0.3, -0.25) is 4.79 Å². The molecule has 1 N–H and O–H groups in total.